The third-order valence-electron chi connectivity index (χ3n) is 2.90. The molecule has 1 aromatic carbocycles. The van der Waals surface area contributed by atoms with Crippen LogP contribution in [0.1, 0.15) is 19.4 Å². The number of benzene rings is 1. The van der Waals surface area contributed by atoms with Crippen LogP contribution in [0.15, 0.2) is 18.2 Å². The summed E-state index contributed by atoms with van der Waals surface area (Å²) in [6.45, 7) is 5.84. The molecule has 0 heterocycles. The number of nitrogens with zero attached hydrogens (tertiary/aromatic N) is 1. The first-order chi connectivity index (χ1) is 9.12. The fourth-order valence-corrected chi connectivity index (χ4v) is 2.05. The van der Waals surface area contributed by atoms with Gasteiger partial charge in [0.25, 0.3) is 5.91 Å². The van der Waals surface area contributed by atoms with Gasteiger partial charge in [0.05, 0.1) is 5.02 Å². The molecule has 1 aromatic rings. The highest BCUT2D eigenvalue weighted by atomic mass is 35.5. The Morgan fingerprint density at radius 1 is 1.37 bits per heavy atom. The summed E-state index contributed by atoms with van der Waals surface area (Å²) in [5.74, 6) is 0.495. The number of ether oxygens (including phenoxy) is 1. The van der Waals surface area contributed by atoms with Crippen LogP contribution in [0.2, 0.25) is 5.02 Å². The van der Waals surface area contributed by atoms with Crippen molar-refractivity contribution in [3.8, 4) is 5.75 Å². The van der Waals surface area contributed by atoms with Crippen molar-refractivity contribution in [2.45, 2.75) is 20.3 Å². The van der Waals surface area contributed by atoms with E-state index in [0.717, 1.165) is 12.0 Å². The van der Waals surface area contributed by atoms with Crippen LogP contribution in [-0.2, 0) is 11.2 Å². The molecule has 0 fully saturated rings. The number of carbonyl (C=O) groups excluding carboxylic acids is 1. The van der Waals surface area contributed by atoms with Gasteiger partial charge in [-0.05, 0) is 44.5 Å². The highest BCUT2D eigenvalue weighted by Crippen LogP contribution is 2.25. The van der Waals surface area contributed by atoms with Gasteiger partial charge in [0.15, 0.2) is 6.61 Å². The Bertz CT molecular complexity index is 420. The Balaban J connectivity index is 2.60. The number of rotatable bonds is 7. The van der Waals surface area contributed by atoms with Gasteiger partial charge in [-0.1, -0.05) is 17.7 Å². The topological polar surface area (TPSA) is 55.6 Å². The second-order valence-electron chi connectivity index (χ2n) is 4.16. The van der Waals surface area contributed by atoms with Crippen LogP contribution in [0.5, 0.6) is 5.75 Å². The molecular formula is C14H21ClN2O2. The van der Waals surface area contributed by atoms with E-state index in [-0.39, 0.29) is 12.5 Å². The zero-order valence-electron chi connectivity index (χ0n) is 11.5. The van der Waals surface area contributed by atoms with E-state index >= 15 is 0 Å². The molecule has 19 heavy (non-hydrogen) atoms. The molecule has 5 heteroatoms. The SMILES string of the molecule is CCN(CC)C(=O)COc1ccc(CCN)cc1Cl. The monoisotopic (exact) mass is 284 g/mol. The van der Waals surface area contributed by atoms with Crippen LogP contribution in [-0.4, -0.2) is 37.0 Å². The summed E-state index contributed by atoms with van der Waals surface area (Å²) in [6.07, 6.45) is 0.776. The van der Waals surface area contributed by atoms with E-state index in [1.165, 1.54) is 0 Å². The Morgan fingerprint density at radius 2 is 2.05 bits per heavy atom. The molecule has 1 rings (SSSR count). The lowest BCUT2D eigenvalue weighted by molar-refractivity contribution is -0.132. The molecule has 0 spiro atoms. The van der Waals surface area contributed by atoms with E-state index in [1.54, 1.807) is 11.0 Å². The maximum Gasteiger partial charge on any atom is 0.260 e. The highest BCUT2D eigenvalue weighted by molar-refractivity contribution is 6.32. The van der Waals surface area contributed by atoms with Gasteiger partial charge >= 0.3 is 0 Å². The number of amides is 1. The van der Waals surface area contributed by atoms with Crippen molar-refractivity contribution in [2.75, 3.05) is 26.2 Å². The summed E-state index contributed by atoms with van der Waals surface area (Å²) in [7, 11) is 0. The molecule has 0 aromatic heterocycles. The maximum atomic E-state index is 11.8. The summed E-state index contributed by atoms with van der Waals surface area (Å²) in [5, 5.41) is 0.512. The standard InChI is InChI=1S/C14H21ClN2O2/c1-3-17(4-2)14(18)10-19-13-6-5-11(7-8-16)9-12(13)15/h5-6,9H,3-4,7-8,10,16H2,1-2H3. The molecule has 106 valence electrons. The first-order valence-corrected chi connectivity index (χ1v) is 6.89. The molecule has 0 aliphatic heterocycles. The van der Waals surface area contributed by atoms with Gasteiger partial charge in [-0.25, -0.2) is 0 Å². The van der Waals surface area contributed by atoms with Crippen LogP contribution in [0, 0.1) is 0 Å². The summed E-state index contributed by atoms with van der Waals surface area (Å²) in [5.41, 5.74) is 6.55. The summed E-state index contributed by atoms with van der Waals surface area (Å²) in [4.78, 5) is 13.5. The average Bonchev–Trinajstić information content (AvgIpc) is 2.39. The molecular weight excluding hydrogens is 264 g/mol. The fourth-order valence-electron chi connectivity index (χ4n) is 1.79. The third-order valence-corrected chi connectivity index (χ3v) is 3.19. The number of carbonyl (C=O) groups is 1. The first kappa shape index (κ1) is 15.8. The molecule has 0 saturated carbocycles. The Kier molecular flexibility index (Phi) is 6.67. The predicted molar refractivity (Wildman–Crippen MR) is 77.6 cm³/mol. The van der Waals surface area contributed by atoms with Crippen molar-refractivity contribution in [2.24, 2.45) is 5.73 Å². The van der Waals surface area contributed by atoms with Gasteiger partial charge in [0.2, 0.25) is 0 Å². The van der Waals surface area contributed by atoms with Gasteiger partial charge < -0.3 is 15.4 Å². The second-order valence-corrected chi connectivity index (χ2v) is 4.57. The van der Waals surface area contributed by atoms with Crippen LogP contribution in [0.3, 0.4) is 0 Å². The molecule has 0 aliphatic rings. The van der Waals surface area contributed by atoms with Crippen LogP contribution < -0.4 is 10.5 Å². The van der Waals surface area contributed by atoms with Crippen molar-refractivity contribution in [1.29, 1.82) is 0 Å². The zero-order chi connectivity index (χ0) is 14.3. The lowest BCUT2D eigenvalue weighted by Crippen LogP contribution is -2.34. The van der Waals surface area contributed by atoms with Crippen LogP contribution in [0.4, 0.5) is 0 Å². The van der Waals surface area contributed by atoms with Gasteiger partial charge in [-0.2, -0.15) is 0 Å². The van der Waals surface area contributed by atoms with E-state index in [0.29, 0.717) is 30.4 Å². The predicted octanol–water partition coefficient (Wildman–Crippen LogP) is 2.09. The Morgan fingerprint density at radius 3 is 2.58 bits per heavy atom. The second kappa shape index (κ2) is 8.02. The van der Waals surface area contributed by atoms with E-state index in [1.807, 2.05) is 26.0 Å². The van der Waals surface area contributed by atoms with Crippen LogP contribution >= 0.6 is 11.6 Å². The minimum Gasteiger partial charge on any atom is -0.482 e. The van der Waals surface area contributed by atoms with E-state index in [4.69, 9.17) is 22.1 Å². The average molecular weight is 285 g/mol. The number of hydrogen-bond donors (Lipinski definition) is 1. The van der Waals surface area contributed by atoms with E-state index < -0.39 is 0 Å². The lowest BCUT2D eigenvalue weighted by atomic mass is 10.1. The number of hydrogen-bond acceptors (Lipinski definition) is 3. The largest absolute Gasteiger partial charge is 0.482 e. The molecule has 4 nitrogen and oxygen atoms in total. The number of nitrogens with two attached hydrogens (primary N) is 1. The molecule has 0 atom stereocenters. The zero-order valence-corrected chi connectivity index (χ0v) is 12.2. The van der Waals surface area contributed by atoms with Crippen molar-refractivity contribution in [3.63, 3.8) is 0 Å². The quantitative estimate of drug-likeness (QED) is 0.834. The van der Waals surface area contributed by atoms with Crippen LogP contribution in [0.25, 0.3) is 0 Å². The third kappa shape index (κ3) is 4.73. The molecule has 0 radical (unpaired) electrons. The smallest absolute Gasteiger partial charge is 0.260 e. The highest BCUT2D eigenvalue weighted by Gasteiger charge is 2.11. The number of likely N-dealkylation sites (N-methyl/N-ethyl adjacent to an activating group) is 1. The van der Waals surface area contributed by atoms with Crippen molar-refractivity contribution in [3.05, 3.63) is 28.8 Å². The summed E-state index contributed by atoms with van der Waals surface area (Å²) in [6, 6.07) is 5.52. The minimum atomic E-state index is -0.0351. The molecule has 2 N–H and O–H groups in total. The van der Waals surface area contributed by atoms with Gasteiger partial charge in [-0.15, -0.1) is 0 Å². The van der Waals surface area contributed by atoms with E-state index in [9.17, 15) is 4.79 Å². The first-order valence-electron chi connectivity index (χ1n) is 6.51. The summed E-state index contributed by atoms with van der Waals surface area (Å²) >= 11 is 6.11. The fraction of sp³-hybridized carbons (Fsp3) is 0.500. The molecule has 0 aliphatic carbocycles. The lowest BCUT2D eigenvalue weighted by Gasteiger charge is -2.19. The Labute approximate surface area is 119 Å². The molecule has 1 amide bonds. The molecule has 0 unspecified atom stereocenters. The summed E-state index contributed by atoms with van der Waals surface area (Å²) < 4.78 is 5.46. The normalized spacial score (nSPS) is 10.3. The van der Waals surface area contributed by atoms with Gasteiger partial charge in [-0.3, -0.25) is 4.79 Å². The van der Waals surface area contributed by atoms with Crippen molar-refractivity contribution < 1.29 is 9.53 Å². The number of halogens is 1. The van der Waals surface area contributed by atoms with Gasteiger partial charge in [0.1, 0.15) is 5.75 Å². The maximum absolute atomic E-state index is 11.8. The molecule has 0 bridgehead atoms. The van der Waals surface area contributed by atoms with Crippen molar-refractivity contribution >= 4 is 17.5 Å². The molecule has 0 saturated heterocycles. The van der Waals surface area contributed by atoms with Gasteiger partial charge in [0, 0.05) is 13.1 Å². The Hall–Kier alpha value is -1.26. The minimum absolute atomic E-state index is 0.0115. The van der Waals surface area contributed by atoms with E-state index in [2.05, 4.69) is 0 Å². The van der Waals surface area contributed by atoms with Crippen molar-refractivity contribution in [1.82, 2.24) is 4.90 Å².